The molecule has 3 amide bonds. The van der Waals surface area contributed by atoms with E-state index in [9.17, 15) is 9.59 Å². The first-order chi connectivity index (χ1) is 13.0. The Balaban J connectivity index is 1.78. The van der Waals surface area contributed by atoms with Crippen molar-refractivity contribution in [1.82, 2.24) is 10.6 Å². The van der Waals surface area contributed by atoms with E-state index in [1.54, 1.807) is 24.3 Å². The van der Waals surface area contributed by atoms with Crippen molar-refractivity contribution in [2.45, 2.75) is 26.8 Å². The smallest absolute Gasteiger partial charge is 0.315 e. The molecule has 6 heteroatoms. The van der Waals surface area contributed by atoms with Crippen LogP contribution in [-0.2, 0) is 4.79 Å². The van der Waals surface area contributed by atoms with E-state index in [1.807, 2.05) is 30.3 Å². The molecule has 1 unspecified atom stereocenters. The Hall–Kier alpha value is -3.02. The molecule has 144 valence electrons. The van der Waals surface area contributed by atoms with Crippen LogP contribution in [0.1, 0.15) is 32.4 Å². The van der Waals surface area contributed by atoms with Gasteiger partial charge in [0, 0.05) is 18.7 Å². The molecule has 0 spiro atoms. The number of carbonyl (C=O) groups excluding carboxylic acids is 2. The molecule has 27 heavy (non-hydrogen) atoms. The summed E-state index contributed by atoms with van der Waals surface area (Å²) in [6, 6.07) is 16.8. The van der Waals surface area contributed by atoms with Gasteiger partial charge in [0.05, 0.1) is 12.6 Å². The van der Waals surface area contributed by atoms with Crippen LogP contribution in [0.15, 0.2) is 54.6 Å². The summed E-state index contributed by atoms with van der Waals surface area (Å²) in [4.78, 5) is 23.3. The van der Waals surface area contributed by atoms with Gasteiger partial charge in [0.2, 0.25) is 5.91 Å². The minimum Gasteiger partial charge on any atom is -0.492 e. The summed E-state index contributed by atoms with van der Waals surface area (Å²) >= 11 is 0. The minimum atomic E-state index is -0.229. The predicted octanol–water partition coefficient (Wildman–Crippen LogP) is 3.72. The maximum Gasteiger partial charge on any atom is 0.315 e. The van der Waals surface area contributed by atoms with E-state index >= 15 is 0 Å². The average Bonchev–Trinajstić information content (AvgIpc) is 2.63. The molecule has 2 aromatic carbocycles. The fourth-order valence-corrected chi connectivity index (χ4v) is 2.69. The van der Waals surface area contributed by atoms with Crippen molar-refractivity contribution in [3.8, 4) is 5.75 Å². The fourth-order valence-electron chi connectivity index (χ4n) is 2.69. The van der Waals surface area contributed by atoms with Crippen LogP contribution in [0.25, 0.3) is 0 Å². The highest BCUT2D eigenvalue weighted by Crippen LogP contribution is 2.21. The molecular formula is C21H27N3O3. The van der Waals surface area contributed by atoms with E-state index < -0.39 is 0 Å². The number of hydrogen-bond donors (Lipinski definition) is 3. The zero-order valence-corrected chi connectivity index (χ0v) is 16.0. The van der Waals surface area contributed by atoms with E-state index in [1.165, 1.54) is 6.92 Å². The zero-order chi connectivity index (χ0) is 19.6. The van der Waals surface area contributed by atoms with Gasteiger partial charge in [0.25, 0.3) is 0 Å². The highest BCUT2D eigenvalue weighted by atomic mass is 16.5. The number of anilines is 1. The van der Waals surface area contributed by atoms with Gasteiger partial charge in [-0.1, -0.05) is 50.2 Å². The van der Waals surface area contributed by atoms with E-state index in [-0.39, 0.29) is 23.9 Å². The Labute approximate surface area is 160 Å². The number of carbonyl (C=O) groups is 2. The van der Waals surface area contributed by atoms with Crippen molar-refractivity contribution in [3.05, 3.63) is 60.2 Å². The van der Waals surface area contributed by atoms with Gasteiger partial charge in [0.15, 0.2) is 0 Å². The molecule has 0 bridgehead atoms. The van der Waals surface area contributed by atoms with Crippen molar-refractivity contribution in [3.63, 3.8) is 0 Å². The Morgan fingerprint density at radius 2 is 1.78 bits per heavy atom. The lowest BCUT2D eigenvalue weighted by atomic mass is 9.96. The van der Waals surface area contributed by atoms with Crippen molar-refractivity contribution in [2.75, 3.05) is 18.5 Å². The van der Waals surface area contributed by atoms with Crippen molar-refractivity contribution < 1.29 is 14.3 Å². The topological polar surface area (TPSA) is 79.5 Å². The van der Waals surface area contributed by atoms with Crippen LogP contribution < -0.4 is 20.7 Å². The molecule has 3 N–H and O–H groups in total. The van der Waals surface area contributed by atoms with E-state index in [4.69, 9.17) is 4.74 Å². The first kappa shape index (κ1) is 20.3. The van der Waals surface area contributed by atoms with Gasteiger partial charge < -0.3 is 20.7 Å². The fraction of sp³-hybridized carbons (Fsp3) is 0.333. The molecule has 0 radical (unpaired) electrons. The van der Waals surface area contributed by atoms with Gasteiger partial charge in [-0.05, 0) is 23.6 Å². The van der Waals surface area contributed by atoms with Gasteiger partial charge in [-0.2, -0.15) is 0 Å². The quantitative estimate of drug-likeness (QED) is 0.621. The molecular weight excluding hydrogens is 342 g/mol. The van der Waals surface area contributed by atoms with Gasteiger partial charge in [0.1, 0.15) is 12.4 Å². The highest BCUT2D eigenvalue weighted by molar-refractivity contribution is 5.88. The maximum absolute atomic E-state index is 12.2. The standard InChI is InChI=1S/C21H27N3O3/c1-15(2)20(17-8-5-4-6-9-17)24-21(26)22-12-13-27-19-11-7-10-18(14-19)23-16(3)25/h4-11,14-15,20H,12-13H2,1-3H3,(H,23,25)(H2,22,24,26). The summed E-state index contributed by atoms with van der Waals surface area (Å²) in [6.07, 6.45) is 0. The number of amides is 3. The Kier molecular flexibility index (Phi) is 7.67. The largest absolute Gasteiger partial charge is 0.492 e. The van der Waals surface area contributed by atoms with Gasteiger partial charge in [-0.25, -0.2) is 4.79 Å². The average molecular weight is 369 g/mol. The second-order valence-corrected chi connectivity index (χ2v) is 6.59. The summed E-state index contributed by atoms with van der Waals surface area (Å²) < 4.78 is 5.62. The summed E-state index contributed by atoms with van der Waals surface area (Å²) in [6.45, 7) is 6.30. The second kappa shape index (κ2) is 10.2. The van der Waals surface area contributed by atoms with E-state index in [2.05, 4.69) is 29.8 Å². The van der Waals surface area contributed by atoms with Crippen LogP contribution in [0.3, 0.4) is 0 Å². The normalized spacial score (nSPS) is 11.6. The molecule has 2 rings (SSSR count). The van der Waals surface area contributed by atoms with Crippen molar-refractivity contribution >= 4 is 17.6 Å². The minimum absolute atomic E-state index is 0.0542. The first-order valence-corrected chi connectivity index (χ1v) is 9.05. The number of hydrogen-bond acceptors (Lipinski definition) is 3. The molecule has 2 aromatic rings. The molecule has 6 nitrogen and oxygen atoms in total. The Bertz CT molecular complexity index is 747. The highest BCUT2D eigenvalue weighted by Gasteiger charge is 2.17. The van der Waals surface area contributed by atoms with Crippen LogP contribution in [0, 0.1) is 5.92 Å². The Morgan fingerprint density at radius 1 is 1.04 bits per heavy atom. The van der Waals surface area contributed by atoms with Crippen LogP contribution in [0.2, 0.25) is 0 Å². The molecule has 1 atom stereocenters. The van der Waals surface area contributed by atoms with Crippen molar-refractivity contribution in [1.29, 1.82) is 0 Å². The molecule has 0 aromatic heterocycles. The SMILES string of the molecule is CC(=O)Nc1cccc(OCCNC(=O)NC(c2ccccc2)C(C)C)c1. The number of nitrogens with one attached hydrogen (secondary N) is 3. The monoisotopic (exact) mass is 369 g/mol. The van der Waals surface area contributed by atoms with Crippen LogP contribution in [-0.4, -0.2) is 25.1 Å². The number of ether oxygens (including phenoxy) is 1. The number of rotatable bonds is 8. The lowest BCUT2D eigenvalue weighted by Crippen LogP contribution is -2.41. The molecule has 0 aliphatic heterocycles. The zero-order valence-electron chi connectivity index (χ0n) is 16.0. The van der Waals surface area contributed by atoms with E-state index in [0.29, 0.717) is 24.6 Å². The maximum atomic E-state index is 12.2. The van der Waals surface area contributed by atoms with Gasteiger partial charge in [-0.15, -0.1) is 0 Å². The molecule has 0 saturated carbocycles. The van der Waals surface area contributed by atoms with Crippen LogP contribution >= 0.6 is 0 Å². The van der Waals surface area contributed by atoms with Crippen LogP contribution in [0.5, 0.6) is 5.75 Å². The third kappa shape index (κ3) is 7.01. The van der Waals surface area contributed by atoms with Crippen LogP contribution in [0.4, 0.5) is 10.5 Å². The molecule has 0 aliphatic carbocycles. The molecule has 0 saturated heterocycles. The third-order valence-corrected chi connectivity index (χ3v) is 3.92. The molecule has 0 heterocycles. The third-order valence-electron chi connectivity index (χ3n) is 3.92. The summed E-state index contributed by atoms with van der Waals surface area (Å²) in [7, 11) is 0. The lowest BCUT2D eigenvalue weighted by molar-refractivity contribution is -0.114. The van der Waals surface area contributed by atoms with Gasteiger partial charge in [-0.3, -0.25) is 4.79 Å². The summed E-state index contributed by atoms with van der Waals surface area (Å²) in [5.74, 6) is 0.766. The van der Waals surface area contributed by atoms with E-state index in [0.717, 1.165) is 5.56 Å². The first-order valence-electron chi connectivity index (χ1n) is 9.05. The number of urea groups is 1. The molecule has 0 fully saturated rings. The van der Waals surface area contributed by atoms with Gasteiger partial charge >= 0.3 is 6.03 Å². The number of benzene rings is 2. The second-order valence-electron chi connectivity index (χ2n) is 6.59. The summed E-state index contributed by atoms with van der Waals surface area (Å²) in [5, 5.41) is 8.52. The lowest BCUT2D eigenvalue weighted by Gasteiger charge is -2.23. The van der Waals surface area contributed by atoms with Crippen molar-refractivity contribution in [2.24, 2.45) is 5.92 Å². The molecule has 0 aliphatic rings. The Morgan fingerprint density at radius 3 is 2.44 bits per heavy atom. The predicted molar refractivity (Wildman–Crippen MR) is 107 cm³/mol. The summed E-state index contributed by atoms with van der Waals surface area (Å²) in [5.41, 5.74) is 1.75.